The number of anilines is 1. The number of ether oxygens (including phenoxy) is 2. The molecule has 1 aromatic carbocycles. The molecule has 1 N–H and O–H groups in total. The largest absolute Gasteiger partial charge is 0.573 e. The second-order valence-corrected chi connectivity index (χ2v) is 4.42. The Kier molecular flexibility index (Phi) is 5.31. The lowest BCUT2D eigenvalue weighted by atomic mass is 10.3. The van der Waals surface area contributed by atoms with Crippen molar-refractivity contribution in [2.45, 2.75) is 12.5 Å². The van der Waals surface area contributed by atoms with Gasteiger partial charge in [0.2, 0.25) is 0 Å². The maximum atomic E-state index is 12.2. The van der Waals surface area contributed by atoms with Gasteiger partial charge in [0, 0.05) is 4.47 Å². The normalized spacial score (nSPS) is 12.0. The molecule has 0 atom stereocenters. The first-order chi connectivity index (χ1) is 9.46. The van der Waals surface area contributed by atoms with E-state index in [4.69, 9.17) is 0 Å². The average molecular weight is 382 g/mol. The number of hydrogen-bond donors (Lipinski definition) is 1. The summed E-state index contributed by atoms with van der Waals surface area (Å²) in [6, 6.07) is 3.13. The summed E-state index contributed by atoms with van der Waals surface area (Å²) in [6.45, 7) is -1.87. The van der Waals surface area contributed by atoms with Crippen LogP contribution >= 0.6 is 15.9 Å². The maximum Gasteiger partial charge on any atom is 0.573 e. The molecular weight excluding hydrogens is 376 g/mol. The summed E-state index contributed by atoms with van der Waals surface area (Å²) in [4.78, 5) is 11.1. The van der Waals surface area contributed by atoms with E-state index < -0.39 is 36.7 Å². The Morgan fingerprint density at radius 3 is 2.33 bits per heavy atom. The molecule has 0 spiro atoms. The average Bonchev–Trinajstić information content (AvgIpc) is 2.27. The van der Waals surface area contributed by atoms with Crippen LogP contribution in [0.25, 0.3) is 0 Å². The van der Waals surface area contributed by atoms with Crippen molar-refractivity contribution in [2.75, 3.05) is 11.9 Å². The van der Waals surface area contributed by atoms with E-state index in [1.807, 2.05) is 0 Å². The van der Waals surface area contributed by atoms with Gasteiger partial charge in [0.1, 0.15) is 0 Å². The van der Waals surface area contributed by atoms with Gasteiger partial charge in [0.15, 0.2) is 12.4 Å². The molecule has 0 aliphatic rings. The van der Waals surface area contributed by atoms with E-state index in [0.29, 0.717) is 0 Å². The fraction of sp³-hybridized carbons (Fsp3) is 0.300. The molecule has 0 fully saturated rings. The van der Waals surface area contributed by atoms with Crippen LogP contribution in [0.2, 0.25) is 0 Å². The summed E-state index contributed by atoms with van der Waals surface area (Å²) in [5.41, 5.74) is -0.498. The third-order valence-corrected chi connectivity index (χ3v) is 2.27. The molecule has 0 aliphatic carbocycles. The van der Waals surface area contributed by atoms with Gasteiger partial charge in [-0.1, -0.05) is 15.9 Å². The first-order valence-corrected chi connectivity index (χ1v) is 5.81. The van der Waals surface area contributed by atoms with E-state index in [-0.39, 0.29) is 4.47 Å². The van der Waals surface area contributed by atoms with Gasteiger partial charge in [-0.05, 0) is 18.2 Å². The SMILES string of the molecule is O=C(Nc1ccc(Br)cc1OC(F)(F)F)OCC(F)(F)F. The van der Waals surface area contributed by atoms with Crippen molar-refractivity contribution in [2.24, 2.45) is 0 Å². The molecule has 4 nitrogen and oxygen atoms in total. The Morgan fingerprint density at radius 2 is 1.81 bits per heavy atom. The van der Waals surface area contributed by atoms with Crippen LogP contribution in [0.3, 0.4) is 0 Å². The monoisotopic (exact) mass is 381 g/mol. The first-order valence-electron chi connectivity index (χ1n) is 5.02. The lowest BCUT2D eigenvalue weighted by Gasteiger charge is -2.14. The van der Waals surface area contributed by atoms with E-state index in [9.17, 15) is 31.1 Å². The molecule has 11 heteroatoms. The number of nitrogens with one attached hydrogen (secondary N) is 1. The molecule has 1 rings (SSSR count). The highest BCUT2D eigenvalue weighted by Crippen LogP contribution is 2.33. The van der Waals surface area contributed by atoms with E-state index in [0.717, 1.165) is 12.1 Å². The number of alkyl halides is 6. The van der Waals surface area contributed by atoms with E-state index in [2.05, 4.69) is 25.4 Å². The molecule has 0 saturated heterocycles. The van der Waals surface area contributed by atoms with Gasteiger partial charge >= 0.3 is 18.6 Å². The Balaban J connectivity index is 2.80. The molecule has 21 heavy (non-hydrogen) atoms. The van der Waals surface area contributed by atoms with Crippen LogP contribution in [0.5, 0.6) is 5.75 Å². The summed E-state index contributed by atoms with van der Waals surface area (Å²) < 4.78 is 79.6. The van der Waals surface area contributed by atoms with Crippen molar-refractivity contribution in [3.63, 3.8) is 0 Å². The predicted molar refractivity (Wildman–Crippen MR) is 61.9 cm³/mol. The Morgan fingerprint density at radius 1 is 1.19 bits per heavy atom. The summed E-state index contributed by atoms with van der Waals surface area (Å²) in [5.74, 6) is -0.805. The fourth-order valence-corrected chi connectivity index (χ4v) is 1.44. The minimum absolute atomic E-state index is 0.205. The lowest BCUT2D eigenvalue weighted by Crippen LogP contribution is -2.24. The van der Waals surface area contributed by atoms with E-state index in [1.54, 1.807) is 5.32 Å². The van der Waals surface area contributed by atoms with Gasteiger partial charge in [-0.2, -0.15) is 13.2 Å². The predicted octanol–water partition coefficient (Wildman–Crippen LogP) is 4.46. The number of carbonyl (C=O) groups is 1. The number of amides is 1. The van der Waals surface area contributed by atoms with Crippen molar-refractivity contribution in [3.05, 3.63) is 22.7 Å². The standard InChI is InChI=1S/C10H6BrF6NO3/c11-5-1-2-6(7(3-5)21-10(15,16)17)18-8(19)20-4-9(12,13)14/h1-3H,4H2,(H,18,19). The van der Waals surface area contributed by atoms with Gasteiger partial charge in [-0.3, -0.25) is 5.32 Å². The molecule has 0 unspecified atom stereocenters. The highest BCUT2D eigenvalue weighted by Gasteiger charge is 2.33. The molecule has 1 amide bonds. The molecule has 0 aromatic heterocycles. The third-order valence-electron chi connectivity index (χ3n) is 1.77. The van der Waals surface area contributed by atoms with Crippen LogP contribution < -0.4 is 10.1 Å². The minimum atomic E-state index is -5.03. The lowest BCUT2D eigenvalue weighted by molar-refractivity contribution is -0.274. The molecule has 0 bridgehead atoms. The zero-order chi connectivity index (χ0) is 16.3. The van der Waals surface area contributed by atoms with Crippen LogP contribution in [-0.2, 0) is 4.74 Å². The fourth-order valence-electron chi connectivity index (χ4n) is 1.10. The highest BCUT2D eigenvalue weighted by molar-refractivity contribution is 9.10. The van der Waals surface area contributed by atoms with Crippen molar-refractivity contribution in [1.29, 1.82) is 0 Å². The van der Waals surface area contributed by atoms with Gasteiger partial charge in [0.05, 0.1) is 5.69 Å². The Hall–Kier alpha value is -1.65. The Bertz CT molecular complexity index is 516. The van der Waals surface area contributed by atoms with Crippen molar-refractivity contribution >= 4 is 27.7 Å². The van der Waals surface area contributed by atoms with Gasteiger partial charge in [-0.15, -0.1) is 13.2 Å². The number of benzene rings is 1. The molecule has 0 saturated carbocycles. The van der Waals surface area contributed by atoms with Crippen LogP contribution in [-0.4, -0.2) is 25.2 Å². The second-order valence-electron chi connectivity index (χ2n) is 3.50. The third kappa shape index (κ3) is 7.06. The van der Waals surface area contributed by atoms with Crippen molar-refractivity contribution in [3.8, 4) is 5.75 Å². The Labute approximate surface area is 122 Å². The maximum absolute atomic E-state index is 12.2. The van der Waals surface area contributed by atoms with Crippen molar-refractivity contribution < 1.29 is 40.6 Å². The quantitative estimate of drug-likeness (QED) is 0.786. The summed E-state index contributed by atoms with van der Waals surface area (Å²) >= 11 is 2.89. The van der Waals surface area contributed by atoms with Crippen LogP contribution in [0.1, 0.15) is 0 Å². The van der Waals surface area contributed by atoms with E-state index in [1.165, 1.54) is 6.07 Å². The van der Waals surface area contributed by atoms with Gasteiger partial charge < -0.3 is 9.47 Å². The second kappa shape index (κ2) is 6.41. The smallest absolute Gasteiger partial charge is 0.440 e. The molecule has 1 aromatic rings. The molecule has 118 valence electrons. The van der Waals surface area contributed by atoms with Crippen molar-refractivity contribution in [1.82, 2.24) is 0 Å². The molecular formula is C10H6BrF6NO3. The molecule has 0 aliphatic heterocycles. The summed E-state index contributed by atoms with van der Waals surface area (Å²) in [6.07, 6.45) is -11.4. The minimum Gasteiger partial charge on any atom is -0.440 e. The number of halogens is 7. The van der Waals surface area contributed by atoms with Crippen LogP contribution in [0, 0.1) is 0 Å². The highest BCUT2D eigenvalue weighted by atomic mass is 79.9. The molecule has 0 radical (unpaired) electrons. The number of carbonyl (C=O) groups excluding carboxylic acids is 1. The number of hydrogen-bond acceptors (Lipinski definition) is 3. The topological polar surface area (TPSA) is 47.6 Å². The van der Waals surface area contributed by atoms with Crippen LogP contribution in [0.15, 0.2) is 22.7 Å². The van der Waals surface area contributed by atoms with E-state index >= 15 is 0 Å². The zero-order valence-corrected chi connectivity index (χ0v) is 11.4. The molecule has 0 heterocycles. The summed E-state index contributed by atoms with van der Waals surface area (Å²) in [7, 11) is 0. The number of rotatable bonds is 3. The van der Waals surface area contributed by atoms with Gasteiger partial charge in [-0.25, -0.2) is 4.79 Å². The zero-order valence-electron chi connectivity index (χ0n) is 9.81. The van der Waals surface area contributed by atoms with Crippen LogP contribution in [0.4, 0.5) is 36.8 Å². The summed E-state index contributed by atoms with van der Waals surface area (Å²) in [5, 5.41) is 1.73. The van der Waals surface area contributed by atoms with Gasteiger partial charge in [0.25, 0.3) is 0 Å². The first kappa shape index (κ1) is 17.4.